The minimum atomic E-state index is 0.439. The highest BCUT2D eigenvalue weighted by Crippen LogP contribution is 2.49. The standard InChI is InChI=1S/C22H27BN2/c1-17-7-4-9-19(13-17)15-25(16-20-10-5-8-18(2)14-20)12-6-11-23-21-22(23,3)24-21/h4-11,13-14,21,24H,12,15-16H2,1-3H3/b11-6+. The van der Waals surface area contributed by atoms with Crippen LogP contribution in [-0.4, -0.2) is 29.5 Å². The Labute approximate surface area is 152 Å². The van der Waals surface area contributed by atoms with Crippen LogP contribution in [0.5, 0.6) is 0 Å². The Kier molecular flexibility index (Phi) is 4.30. The SMILES string of the molecule is Cc1cccc(CN(C/C=C/B2C3NC23C)Cc2cccc(C)c2)c1. The van der Waals surface area contributed by atoms with Crippen molar-refractivity contribution in [1.29, 1.82) is 0 Å². The van der Waals surface area contributed by atoms with Gasteiger partial charge < -0.3 is 5.32 Å². The van der Waals surface area contributed by atoms with E-state index in [0.717, 1.165) is 32.3 Å². The molecule has 25 heavy (non-hydrogen) atoms. The highest BCUT2D eigenvalue weighted by molar-refractivity contribution is 6.85. The summed E-state index contributed by atoms with van der Waals surface area (Å²) in [5.74, 6) is 3.17. The van der Waals surface area contributed by atoms with Crippen molar-refractivity contribution in [1.82, 2.24) is 10.2 Å². The van der Waals surface area contributed by atoms with Crippen molar-refractivity contribution in [3.05, 3.63) is 82.8 Å². The molecular weight excluding hydrogens is 303 g/mol. The summed E-state index contributed by atoms with van der Waals surface area (Å²) in [7, 11) is 0. The number of fused-ring (bicyclic) bond motifs is 1. The van der Waals surface area contributed by atoms with E-state index in [1.807, 2.05) is 0 Å². The second-order valence-corrected chi connectivity index (χ2v) is 8.01. The normalized spacial score (nSPS) is 24.0. The van der Waals surface area contributed by atoms with E-state index in [4.69, 9.17) is 0 Å². The zero-order valence-corrected chi connectivity index (χ0v) is 15.5. The van der Waals surface area contributed by atoms with Crippen LogP contribution in [0.2, 0.25) is 0 Å². The number of hydrogen-bond acceptors (Lipinski definition) is 2. The van der Waals surface area contributed by atoms with Crippen molar-refractivity contribution in [3.8, 4) is 0 Å². The quantitative estimate of drug-likeness (QED) is 0.618. The highest BCUT2D eigenvalue weighted by atomic mass is 15.3. The van der Waals surface area contributed by atoms with E-state index in [1.54, 1.807) is 0 Å². The van der Waals surface area contributed by atoms with Crippen LogP contribution in [0.4, 0.5) is 0 Å². The van der Waals surface area contributed by atoms with Gasteiger partial charge in [0.05, 0.1) is 0 Å². The van der Waals surface area contributed by atoms with Crippen LogP contribution in [0.3, 0.4) is 0 Å². The molecule has 2 aliphatic heterocycles. The van der Waals surface area contributed by atoms with Gasteiger partial charge in [0.1, 0.15) is 0 Å². The number of aryl methyl sites for hydroxylation is 2. The van der Waals surface area contributed by atoms with Gasteiger partial charge in [0.2, 0.25) is 6.71 Å². The summed E-state index contributed by atoms with van der Waals surface area (Å²) in [4.78, 5) is 2.53. The molecule has 2 aromatic rings. The topological polar surface area (TPSA) is 25.2 Å². The average molecular weight is 330 g/mol. The first kappa shape index (κ1) is 16.6. The molecule has 3 heteroatoms. The van der Waals surface area contributed by atoms with Crippen molar-refractivity contribution >= 4 is 6.71 Å². The lowest BCUT2D eigenvalue weighted by atomic mass is 9.61. The Morgan fingerprint density at radius 2 is 1.60 bits per heavy atom. The van der Waals surface area contributed by atoms with Crippen LogP contribution in [0.15, 0.2) is 60.6 Å². The van der Waals surface area contributed by atoms with E-state index in [-0.39, 0.29) is 0 Å². The molecule has 128 valence electrons. The van der Waals surface area contributed by atoms with Gasteiger partial charge in [-0.1, -0.05) is 72.7 Å². The first-order chi connectivity index (χ1) is 12.0. The first-order valence-corrected chi connectivity index (χ1v) is 9.32. The lowest BCUT2D eigenvalue weighted by Crippen LogP contribution is -2.26. The maximum Gasteiger partial charge on any atom is 0.209 e. The van der Waals surface area contributed by atoms with E-state index in [9.17, 15) is 0 Å². The second-order valence-electron chi connectivity index (χ2n) is 8.01. The third-order valence-electron chi connectivity index (χ3n) is 5.66. The largest absolute Gasteiger partial charge is 0.320 e. The van der Waals surface area contributed by atoms with E-state index in [0.29, 0.717) is 5.44 Å². The lowest BCUT2D eigenvalue weighted by Gasteiger charge is -2.21. The smallest absolute Gasteiger partial charge is 0.209 e. The maximum absolute atomic E-state index is 3.49. The number of rotatable bonds is 7. The highest BCUT2D eigenvalue weighted by Gasteiger charge is 2.76. The van der Waals surface area contributed by atoms with Gasteiger partial charge >= 0.3 is 0 Å². The first-order valence-electron chi connectivity index (χ1n) is 9.32. The molecule has 0 bridgehead atoms. The van der Waals surface area contributed by atoms with E-state index in [2.05, 4.69) is 91.6 Å². The molecule has 2 atom stereocenters. The summed E-state index contributed by atoms with van der Waals surface area (Å²) in [6.45, 7) is 10.4. The van der Waals surface area contributed by atoms with Gasteiger partial charge in [0.15, 0.2) is 0 Å². The average Bonchev–Trinajstić information content (AvgIpc) is 3.39. The third-order valence-corrected chi connectivity index (χ3v) is 5.66. The van der Waals surface area contributed by atoms with Crippen LogP contribution in [0.1, 0.15) is 29.2 Å². The Morgan fingerprint density at radius 3 is 2.04 bits per heavy atom. The molecule has 2 fully saturated rings. The number of hydrogen-bond donors (Lipinski definition) is 1. The molecule has 0 aliphatic carbocycles. The summed E-state index contributed by atoms with van der Waals surface area (Å²) >= 11 is 0. The van der Waals surface area contributed by atoms with Gasteiger partial charge in [-0.25, -0.2) is 0 Å². The van der Waals surface area contributed by atoms with Crippen LogP contribution in [0, 0.1) is 13.8 Å². The number of nitrogens with zero attached hydrogens (tertiary/aromatic N) is 1. The molecular formula is C22H27BN2. The Hall–Kier alpha value is -1.84. The molecule has 0 saturated carbocycles. The summed E-state index contributed by atoms with van der Waals surface area (Å²) in [5, 5.41) is 3.49. The molecule has 2 heterocycles. The van der Waals surface area contributed by atoms with Crippen molar-refractivity contribution in [2.75, 3.05) is 6.54 Å². The van der Waals surface area contributed by atoms with E-state index < -0.39 is 0 Å². The summed E-state index contributed by atoms with van der Waals surface area (Å²) in [5.41, 5.74) is 5.89. The minimum absolute atomic E-state index is 0.439. The molecule has 0 spiro atoms. The van der Waals surface area contributed by atoms with Crippen molar-refractivity contribution in [2.45, 2.75) is 45.2 Å². The summed E-state index contributed by atoms with van der Waals surface area (Å²) < 4.78 is 0. The molecule has 2 nitrogen and oxygen atoms in total. The molecule has 2 unspecified atom stereocenters. The fraction of sp³-hybridized carbons (Fsp3) is 0.364. The molecule has 0 radical (unpaired) electrons. The van der Waals surface area contributed by atoms with Gasteiger partial charge in [-0.2, -0.15) is 0 Å². The molecule has 0 amide bonds. The van der Waals surface area contributed by atoms with Gasteiger partial charge in [-0.05, 0) is 25.0 Å². The predicted octanol–water partition coefficient (Wildman–Crippen LogP) is 3.72. The molecule has 1 N–H and O–H groups in total. The zero-order valence-electron chi connectivity index (χ0n) is 15.5. The van der Waals surface area contributed by atoms with Crippen LogP contribution >= 0.6 is 0 Å². The molecule has 0 aromatic heterocycles. The number of nitrogens with one attached hydrogen (secondary N) is 1. The molecule has 2 aliphatic rings. The van der Waals surface area contributed by atoms with E-state index in [1.165, 1.54) is 22.3 Å². The van der Waals surface area contributed by atoms with Crippen LogP contribution < -0.4 is 5.32 Å². The van der Waals surface area contributed by atoms with Crippen LogP contribution in [0.25, 0.3) is 0 Å². The second kappa shape index (κ2) is 6.47. The van der Waals surface area contributed by atoms with Gasteiger partial charge in [-0.3, -0.25) is 4.90 Å². The monoisotopic (exact) mass is 330 g/mol. The minimum Gasteiger partial charge on any atom is -0.320 e. The van der Waals surface area contributed by atoms with Gasteiger partial charge in [0, 0.05) is 31.0 Å². The van der Waals surface area contributed by atoms with E-state index >= 15 is 0 Å². The molecule has 2 saturated heterocycles. The number of benzene rings is 2. The summed E-state index contributed by atoms with van der Waals surface area (Å²) in [6, 6.07) is 17.7. The third kappa shape index (κ3) is 3.73. The fourth-order valence-electron chi connectivity index (χ4n) is 3.92. The summed E-state index contributed by atoms with van der Waals surface area (Å²) in [6.07, 6.45) is 2.37. The van der Waals surface area contributed by atoms with Crippen molar-refractivity contribution in [2.24, 2.45) is 0 Å². The van der Waals surface area contributed by atoms with Gasteiger partial charge in [0.25, 0.3) is 0 Å². The van der Waals surface area contributed by atoms with Gasteiger partial charge in [-0.15, -0.1) is 5.98 Å². The van der Waals surface area contributed by atoms with Crippen LogP contribution in [-0.2, 0) is 13.1 Å². The fourth-order valence-corrected chi connectivity index (χ4v) is 3.92. The zero-order chi connectivity index (χ0) is 17.4. The Bertz CT molecular complexity index is 753. The predicted molar refractivity (Wildman–Crippen MR) is 107 cm³/mol. The van der Waals surface area contributed by atoms with Crippen molar-refractivity contribution < 1.29 is 0 Å². The maximum atomic E-state index is 3.49. The lowest BCUT2D eigenvalue weighted by molar-refractivity contribution is 0.286. The van der Waals surface area contributed by atoms with Crippen molar-refractivity contribution in [3.63, 3.8) is 0 Å². The Morgan fingerprint density at radius 1 is 1.04 bits per heavy atom. The molecule has 4 rings (SSSR count). The molecule has 2 aromatic carbocycles. The Balaban J connectivity index is 1.43.